The average Bonchev–Trinajstić information content (AvgIpc) is 2.97. The van der Waals surface area contributed by atoms with Crippen LogP contribution in [0.3, 0.4) is 0 Å². The largest absolute Gasteiger partial charge is 0.508 e. The van der Waals surface area contributed by atoms with Gasteiger partial charge in [-0.2, -0.15) is 0 Å². The minimum Gasteiger partial charge on any atom is -0.508 e. The van der Waals surface area contributed by atoms with E-state index in [1.165, 1.54) is 36.4 Å². The van der Waals surface area contributed by atoms with Crippen LogP contribution in [0.2, 0.25) is 0 Å². The Hall–Kier alpha value is -5.08. The van der Waals surface area contributed by atoms with Crippen LogP contribution >= 0.6 is 0 Å². The number of fused-ring (bicyclic) bond motifs is 1. The predicted octanol–water partition coefficient (Wildman–Crippen LogP) is 1.77. The summed E-state index contributed by atoms with van der Waals surface area (Å²) in [7, 11) is 0. The van der Waals surface area contributed by atoms with Crippen molar-refractivity contribution in [1.82, 2.24) is 0 Å². The molecule has 13 nitrogen and oxygen atoms in total. The molecule has 5 unspecified atom stereocenters. The van der Waals surface area contributed by atoms with Crippen LogP contribution in [-0.4, -0.2) is 77.8 Å². The fourth-order valence-electron chi connectivity index (χ4n) is 4.79. The molecule has 0 saturated carbocycles. The van der Waals surface area contributed by atoms with Gasteiger partial charge >= 0.3 is 5.97 Å². The normalized spacial score (nSPS) is 22.2. The van der Waals surface area contributed by atoms with Crippen LogP contribution in [0, 0.1) is 0 Å². The van der Waals surface area contributed by atoms with Gasteiger partial charge < -0.3 is 54.7 Å². The Labute approximate surface area is 242 Å². The molecule has 0 bridgehead atoms. The minimum absolute atomic E-state index is 0.00965. The van der Waals surface area contributed by atoms with E-state index < -0.39 is 82.5 Å². The SMILES string of the molecule is O=C(C=Cc1ccc(O)cc1)OC1C(c2c(O)cc(O)c3c(=O)cc(-c4ccc(O)c(O)c4)oc23)OC(CO)C(O)C1O. The van der Waals surface area contributed by atoms with Crippen molar-refractivity contribution in [3.8, 4) is 40.1 Å². The Balaban J connectivity index is 1.62. The minimum atomic E-state index is -1.87. The molecular formula is C30H26O13. The van der Waals surface area contributed by atoms with Crippen molar-refractivity contribution < 1.29 is 59.5 Å². The third kappa shape index (κ3) is 5.69. The number of carbonyl (C=O) groups excluding carboxylic acids is 1. The van der Waals surface area contributed by atoms with Crippen LogP contribution in [0.5, 0.6) is 28.7 Å². The molecule has 2 heterocycles. The smallest absolute Gasteiger partial charge is 0.331 e. The maximum absolute atomic E-state index is 13.1. The Morgan fingerprint density at radius 2 is 1.58 bits per heavy atom. The molecule has 1 fully saturated rings. The summed E-state index contributed by atoms with van der Waals surface area (Å²) in [5.74, 6) is -3.51. The summed E-state index contributed by atoms with van der Waals surface area (Å²) in [5, 5.41) is 81.4. The van der Waals surface area contributed by atoms with Gasteiger partial charge in [-0.15, -0.1) is 0 Å². The summed E-state index contributed by atoms with van der Waals surface area (Å²) in [6.07, 6.45) is -6.08. The van der Waals surface area contributed by atoms with Gasteiger partial charge in [-0.3, -0.25) is 4.79 Å². The first kappa shape index (κ1) is 29.4. The quantitative estimate of drug-likeness (QED) is 0.0905. The maximum Gasteiger partial charge on any atom is 0.331 e. The number of ether oxygens (including phenoxy) is 2. The molecule has 8 N–H and O–H groups in total. The van der Waals surface area contributed by atoms with Gasteiger partial charge in [-0.25, -0.2) is 4.79 Å². The Morgan fingerprint density at radius 3 is 2.26 bits per heavy atom. The number of hydrogen-bond donors (Lipinski definition) is 8. The van der Waals surface area contributed by atoms with Gasteiger partial charge in [0, 0.05) is 23.8 Å². The third-order valence-corrected chi connectivity index (χ3v) is 6.97. The second-order valence-corrected chi connectivity index (χ2v) is 9.80. The fourth-order valence-corrected chi connectivity index (χ4v) is 4.79. The molecule has 1 aliphatic heterocycles. The standard InChI is InChI=1S/C30H26O13/c31-12-22-26(39)27(40)30(43-23(38)8-3-13-1-5-15(32)6-2-13)29(42-22)25-19(36)10-18(35)24-20(37)11-21(41-28(24)25)14-4-7-16(33)17(34)9-14/h1-11,22,26-27,29-36,39-40H,12H2. The van der Waals surface area contributed by atoms with E-state index in [-0.39, 0.29) is 22.6 Å². The molecule has 13 heteroatoms. The first-order valence-electron chi connectivity index (χ1n) is 12.8. The zero-order valence-electron chi connectivity index (χ0n) is 22.1. The molecule has 5 atom stereocenters. The van der Waals surface area contributed by atoms with E-state index in [1.807, 2.05) is 0 Å². The number of rotatable bonds is 6. The highest BCUT2D eigenvalue weighted by atomic mass is 16.6. The fraction of sp³-hybridized carbons (Fsp3) is 0.200. The Morgan fingerprint density at radius 1 is 0.860 bits per heavy atom. The molecule has 0 spiro atoms. The van der Waals surface area contributed by atoms with Crippen LogP contribution in [0.4, 0.5) is 0 Å². The molecule has 3 aromatic carbocycles. The lowest BCUT2D eigenvalue weighted by atomic mass is 9.89. The Kier molecular flexibility index (Phi) is 7.98. The number of esters is 1. The molecule has 5 rings (SSSR count). The number of phenols is 5. The van der Waals surface area contributed by atoms with Crippen molar-refractivity contribution in [2.24, 2.45) is 0 Å². The van der Waals surface area contributed by atoms with Gasteiger partial charge in [0.1, 0.15) is 52.8 Å². The zero-order valence-corrected chi connectivity index (χ0v) is 22.1. The van der Waals surface area contributed by atoms with Gasteiger partial charge in [0.25, 0.3) is 0 Å². The molecule has 0 amide bonds. The predicted molar refractivity (Wildman–Crippen MR) is 148 cm³/mol. The molecule has 1 aliphatic rings. The number of aromatic hydroxyl groups is 5. The highest BCUT2D eigenvalue weighted by Crippen LogP contribution is 2.45. The number of phenolic OH excluding ortho intramolecular Hbond substituents is 5. The van der Waals surface area contributed by atoms with Gasteiger partial charge in [0.05, 0.1) is 12.2 Å². The molecule has 1 saturated heterocycles. The number of benzene rings is 3. The van der Waals surface area contributed by atoms with E-state index in [1.54, 1.807) is 0 Å². The van der Waals surface area contributed by atoms with E-state index >= 15 is 0 Å². The number of aliphatic hydroxyl groups is 3. The van der Waals surface area contributed by atoms with Crippen LogP contribution < -0.4 is 5.43 Å². The number of carbonyl (C=O) groups is 1. The summed E-state index contributed by atoms with van der Waals surface area (Å²) < 4.78 is 17.1. The van der Waals surface area contributed by atoms with Crippen molar-refractivity contribution in [3.05, 3.63) is 82.0 Å². The second kappa shape index (κ2) is 11.7. The van der Waals surface area contributed by atoms with Crippen molar-refractivity contribution in [2.45, 2.75) is 30.5 Å². The first-order valence-corrected chi connectivity index (χ1v) is 12.8. The van der Waals surface area contributed by atoms with Crippen LogP contribution in [0.15, 0.2) is 69.9 Å². The van der Waals surface area contributed by atoms with Crippen molar-refractivity contribution in [3.63, 3.8) is 0 Å². The third-order valence-electron chi connectivity index (χ3n) is 6.97. The van der Waals surface area contributed by atoms with E-state index in [0.717, 1.165) is 30.3 Å². The zero-order chi connectivity index (χ0) is 31.0. The molecule has 4 aromatic rings. The monoisotopic (exact) mass is 594 g/mol. The molecule has 224 valence electrons. The topological polar surface area (TPSA) is 228 Å². The summed E-state index contributed by atoms with van der Waals surface area (Å²) in [4.78, 5) is 25.9. The molecular weight excluding hydrogens is 568 g/mol. The lowest BCUT2D eigenvalue weighted by molar-refractivity contribution is -0.239. The molecule has 0 radical (unpaired) electrons. The van der Waals surface area contributed by atoms with Gasteiger partial charge in [0.15, 0.2) is 28.6 Å². The Bertz CT molecular complexity index is 1760. The second-order valence-electron chi connectivity index (χ2n) is 9.80. The van der Waals surface area contributed by atoms with Crippen molar-refractivity contribution in [1.29, 1.82) is 0 Å². The van der Waals surface area contributed by atoms with Gasteiger partial charge in [-0.05, 0) is 42.0 Å². The van der Waals surface area contributed by atoms with Crippen molar-refractivity contribution in [2.75, 3.05) is 6.61 Å². The van der Waals surface area contributed by atoms with Crippen LogP contribution in [0.25, 0.3) is 28.4 Å². The molecule has 43 heavy (non-hydrogen) atoms. The summed E-state index contributed by atoms with van der Waals surface area (Å²) in [6, 6.07) is 11.2. The lowest BCUT2D eigenvalue weighted by Gasteiger charge is -2.41. The number of hydrogen-bond acceptors (Lipinski definition) is 13. The summed E-state index contributed by atoms with van der Waals surface area (Å²) >= 11 is 0. The van der Waals surface area contributed by atoms with E-state index in [0.29, 0.717) is 5.56 Å². The average molecular weight is 595 g/mol. The number of aliphatic hydroxyl groups excluding tert-OH is 3. The van der Waals surface area contributed by atoms with Crippen LogP contribution in [0.1, 0.15) is 17.2 Å². The van der Waals surface area contributed by atoms with Gasteiger partial charge in [-0.1, -0.05) is 12.1 Å². The van der Waals surface area contributed by atoms with E-state index in [2.05, 4.69) is 0 Å². The molecule has 1 aromatic heterocycles. The van der Waals surface area contributed by atoms with E-state index in [9.17, 15) is 50.4 Å². The summed E-state index contributed by atoms with van der Waals surface area (Å²) in [5.41, 5.74) is -0.955. The highest BCUT2D eigenvalue weighted by molar-refractivity contribution is 5.90. The molecule has 0 aliphatic carbocycles. The van der Waals surface area contributed by atoms with Gasteiger partial charge in [0.2, 0.25) is 0 Å². The maximum atomic E-state index is 13.1. The van der Waals surface area contributed by atoms with E-state index in [4.69, 9.17) is 13.9 Å². The first-order chi connectivity index (χ1) is 20.5. The lowest BCUT2D eigenvalue weighted by Crippen LogP contribution is -2.56. The van der Waals surface area contributed by atoms with Crippen LogP contribution in [-0.2, 0) is 14.3 Å². The highest BCUT2D eigenvalue weighted by Gasteiger charge is 2.49. The summed E-state index contributed by atoms with van der Waals surface area (Å²) in [6.45, 7) is -0.797. The van der Waals surface area contributed by atoms with Crippen molar-refractivity contribution >= 4 is 23.0 Å².